The molecule has 0 aliphatic carbocycles. The van der Waals surface area contributed by atoms with Gasteiger partial charge in [-0.05, 0) is 25.0 Å². The first-order chi connectivity index (χ1) is 10.1. The second kappa shape index (κ2) is 7.22. The summed E-state index contributed by atoms with van der Waals surface area (Å²) in [6, 6.07) is 9.33. The van der Waals surface area contributed by atoms with Crippen LogP contribution >= 0.6 is 0 Å². The fourth-order valence-electron chi connectivity index (χ4n) is 2.51. The van der Waals surface area contributed by atoms with Gasteiger partial charge >= 0.3 is 0 Å². The molecule has 0 aromatic heterocycles. The van der Waals surface area contributed by atoms with Crippen molar-refractivity contribution in [3.05, 3.63) is 35.9 Å². The van der Waals surface area contributed by atoms with Gasteiger partial charge in [0.2, 0.25) is 5.91 Å². The fraction of sp³-hybridized carbons (Fsp3) is 0.500. The first-order valence-corrected chi connectivity index (χ1v) is 7.46. The van der Waals surface area contributed by atoms with Crippen molar-refractivity contribution >= 4 is 11.8 Å². The predicted octanol–water partition coefficient (Wildman–Crippen LogP) is 1.00. The molecule has 1 atom stereocenters. The normalized spacial score (nSPS) is 17.3. The predicted molar refractivity (Wildman–Crippen MR) is 81.7 cm³/mol. The highest BCUT2D eigenvalue weighted by Crippen LogP contribution is 2.14. The van der Waals surface area contributed by atoms with Crippen LogP contribution in [0.2, 0.25) is 0 Å². The Bertz CT molecular complexity index is 482. The number of carbonyl (C=O) groups excluding carboxylic acids is 2. The average Bonchev–Trinajstić information content (AvgIpc) is 2.55. The number of hydrogen-bond acceptors (Lipinski definition) is 3. The summed E-state index contributed by atoms with van der Waals surface area (Å²) in [6.07, 6.45) is 1.59. The summed E-state index contributed by atoms with van der Waals surface area (Å²) in [7, 11) is 0. The first-order valence-electron chi connectivity index (χ1n) is 7.46. The molecule has 5 nitrogen and oxygen atoms in total. The molecule has 0 spiro atoms. The van der Waals surface area contributed by atoms with Gasteiger partial charge in [0.1, 0.15) is 0 Å². The minimum absolute atomic E-state index is 0.0456. The van der Waals surface area contributed by atoms with Gasteiger partial charge in [-0.2, -0.15) is 0 Å². The molecule has 0 saturated carbocycles. The van der Waals surface area contributed by atoms with E-state index in [4.69, 9.17) is 5.73 Å². The van der Waals surface area contributed by atoms with E-state index < -0.39 is 0 Å². The summed E-state index contributed by atoms with van der Waals surface area (Å²) < 4.78 is 0. The lowest BCUT2D eigenvalue weighted by Crippen LogP contribution is -2.48. The first kappa shape index (κ1) is 15.5. The van der Waals surface area contributed by atoms with E-state index in [1.54, 1.807) is 12.1 Å². The van der Waals surface area contributed by atoms with E-state index in [9.17, 15) is 9.59 Å². The Morgan fingerprint density at radius 2 is 1.90 bits per heavy atom. The molecule has 1 aliphatic rings. The minimum atomic E-state index is -0.125. The van der Waals surface area contributed by atoms with E-state index >= 15 is 0 Å². The van der Waals surface area contributed by atoms with E-state index in [-0.39, 0.29) is 23.8 Å². The second-order valence-corrected chi connectivity index (χ2v) is 5.58. The molecule has 2 rings (SSSR count). The molecule has 1 fully saturated rings. The number of nitrogens with two attached hydrogens (primary N) is 1. The lowest BCUT2D eigenvalue weighted by molar-refractivity contribution is -0.135. The largest absolute Gasteiger partial charge is 0.349 e. The van der Waals surface area contributed by atoms with Gasteiger partial charge in [0.25, 0.3) is 5.91 Å². The van der Waals surface area contributed by atoms with Gasteiger partial charge in [0, 0.05) is 37.2 Å². The molecule has 114 valence electrons. The Labute approximate surface area is 125 Å². The van der Waals surface area contributed by atoms with E-state index in [0.717, 1.165) is 12.8 Å². The third-order valence-electron chi connectivity index (χ3n) is 3.95. The van der Waals surface area contributed by atoms with Crippen molar-refractivity contribution in [1.29, 1.82) is 0 Å². The van der Waals surface area contributed by atoms with Gasteiger partial charge in [-0.15, -0.1) is 0 Å². The van der Waals surface area contributed by atoms with Crippen LogP contribution in [0.4, 0.5) is 0 Å². The van der Waals surface area contributed by atoms with Crippen LogP contribution in [0, 0.1) is 5.92 Å². The van der Waals surface area contributed by atoms with Crippen molar-refractivity contribution in [2.24, 2.45) is 11.7 Å². The molecular formula is C16H23N3O2. The Balaban J connectivity index is 1.82. The molecular weight excluding hydrogens is 266 g/mol. The summed E-state index contributed by atoms with van der Waals surface area (Å²) >= 11 is 0. The molecule has 0 bridgehead atoms. The molecule has 21 heavy (non-hydrogen) atoms. The highest BCUT2D eigenvalue weighted by atomic mass is 16.2. The number of nitrogens with zero attached hydrogens (tertiary/aromatic N) is 1. The zero-order valence-corrected chi connectivity index (χ0v) is 12.4. The van der Waals surface area contributed by atoms with Crippen molar-refractivity contribution in [3.63, 3.8) is 0 Å². The highest BCUT2D eigenvalue weighted by molar-refractivity contribution is 5.94. The molecule has 1 aromatic rings. The molecule has 1 aliphatic heterocycles. The standard InChI is InChI=1S/C16H23N3O2/c1-12(11-17)16(21)19-9-7-14(8-10-19)18-15(20)13-5-3-2-4-6-13/h2-6,12,14H,7-11,17H2,1H3,(H,18,20). The van der Waals surface area contributed by atoms with E-state index in [2.05, 4.69) is 5.32 Å². The van der Waals surface area contributed by atoms with Crippen LogP contribution in [0.25, 0.3) is 0 Å². The molecule has 1 unspecified atom stereocenters. The summed E-state index contributed by atoms with van der Waals surface area (Å²) in [4.78, 5) is 26.0. The van der Waals surface area contributed by atoms with Crippen LogP contribution in [0.15, 0.2) is 30.3 Å². The van der Waals surface area contributed by atoms with Crippen molar-refractivity contribution in [2.75, 3.05) is 19.6 Å². The molecule has 2 amide bonds. The maximum atomic E-state index is 12.1. The van der Waals surface area contributed by atoms with Gasteiger partial charge in [-0.3, -0.25) is 9.59 Å². The van der Waals surface area contributed by atoms with Crippen molar-refractivity contribution in [3.8, 4) is 0 Å². The number of hydrogen-bond donors (Lipinski definition) is 2. The SMILES string of the molecule is CC(CN)C(=O)N1CCC(NC(=O)c2ccccc2)CC1. The minimum Gasteiger partial charge on any atom is -0.349 e. The lowest BCUT2D eigenvalue weighted by Gasteiger charge is -2.33. The van der Waals surface area contributed by atoms with Gasteiger partial charge in [-0.1, -0.05) is 25.1 Å². The maximum absolute atomic E-state index is 12.1. The number of likely N-dealkylation sites (tertiary alicyclic amines) is 1. The zero-order chi connectivity index (χ0) is 15.2. The van der Waals surface area contributed by atoms with E-state index in [0.29, 0.717) is 25.2 Å². The van der Waals surface area contributed by atoms with Crippen LogP contribution in [-0.2, 0) is 4.79 Å². The van der Waals surface area contributed by atoms with Crippen LogP contribution in [0.1, 0.15) is 30.1 Å². The summed E-state index contributed by atoms with van der Waals surface area (Å²) in [6.45, 7) is 3.60. The quantitative estimate of drug-likeness (QED) is 0.868. The third kappa shape index (κ3) is 4.04. The lowest BCUT2D eigenvalue weighted by atomic mass is 10.0. The van der Waals surface area contributed by atoms with Gasteiger partial charge in [0.05, 0.1) is 0 Å². The van der Waals surface area contributed by atoms with Crippen molar-refractivity contribution in [1.82, 2.24) is 10.2 Å². The molecule has 0 radical (unpaired) electrons. The molecule has 1 aromatic carbocycles. The smallest absolute Gasteiger partial charge is 0.251 e. The second-order valence-electron chi connectivity index (χ2n) is 5.58. The Morgan fingerprint density at radius 1 is 1.29 bits per heavy atom. The van der Waals surface area contributed by atoms with Gasteiger partial charge < -0.3 is 16.0 Å². The number of amides is 2. The van der Waals surface area contributed by atoms with Crippen LogP contribution in [-0.4, -0.2) is 42.4 Å². The Kier molecular flexibility index (Phi) is 5.33. The monoisotopic (exact) mass is 289 g/mol. The van der Waals surface area contributed by atoms with Crippen molar-refractivity contribution in [2.45, 2.75) is 25.8 Å². The molecule has 1 heterocycles. The molecule has 5 heteroatoms. The summed E-state index contributed by atoms with van der Waals surface area (Å²) in [5.41, 5.74) is 6.21. The van der Waals surface area contributed by atoms with Crippen LogP contribution in [0.5, 0.6) is 0 Å². The third-order valence-corrected chi connectivity index (χ3v) is 3.95. The number of benzene rings is 1. The number of piperidine rings is 1. The van der Waals surface area contributed by atoms with E-state index in [1.165, 1.54) is 0 Å². The average molecular weight is 289 g/mol. The van der Waals surface area contributed by atoms with Crippen LogP contribution in [0.3, 0.4) is 0 Å². The molecule has 1 saturated heterocycles. The Morgan fingerprint density at radius 3 is 2.48 bits per heavy atom. The molecule has 3 N–H and O–H groups in total. The summed E-state index contributed by atoms with van der Waals surface area (Å²) in [5.74, 6) is -0.0542. The zero-order valence-electron chi connectivity index (χ0n) is 12.4. The van der Waals surface area contributed by atoms with Crippen molar-refractivity contribution < 1.29 is 9.59 Å². The van der Waals surface area contributed by atoms with E-state index in [1.807, 2.05) is 30.0 Å². The van der Waals surface area contributed by atoms with Gasteiger partial charge in [0.15, 0.2) is 0 Å². The van der Waals surface area contributed by atoms with Gasteiger partial charge in [-0.25, -0.2) is 0 Å². The topological polar surface area (TPSA) is 75.4 Å². The maximum Gasteiger partial charge on any atom is 0.251 e. The fourth-order valence-corrected chi connectivity index (χ4v) is 2.51. The Hall–Kier alpha value is -1.88. The number of nitrogens with one attached hydrogen (secondary N) is 1. The highest BCUT2D eigenvalue weighted by Gasteiger charge is 2.26. The number of rotatable bonds is 4. The summed E-state index contributed by atoms with van der Waals surface area (Å²) in [5, 5.41) is 3.04. The number of carbonyl (C=O) groups is 2. The van der Waals surface area contributed by atoms with Crippen LogP contribution < -0.4 is 11.1 Å².